The van der Waals surface area contributed by atoms with Gasteiger partial charge in [-0.05, 0) is 36.4 Å². The molecule has 0 saturated heterocycles. The first kappa shape index (κ1) is 20.3. The largest absolute Gasteiger partial charge is 0.573 e. The van der Waals surface area contributed by atoms with Crippen LogP contribution >= 0.6 is 0 Å². The number of nitrogens with one attached hydrogen (secondary N) is 1. The molecule has 3 rings (SSSR count). The number of halogens is 3. The van der Waals surface area contributed by atoms with Gasteiger partial charge < -0.3 is 24.4 Å². The predicted octanol–water partition coefficient (Wildman–Crippen LogP) is 3.73. The van der Waals surface area contributed by atoms with Gasteiger partial charge in [0.1, 0.15) is 5.75 Å². The van der Waals surface area contributed by atoms with Crippen LogP contribution in [0.2, 0.25) is 0 Å². The van der Waals surface area contributed by atoms with E-state index in [1.807, 2.05) is 0 Å². The van der Waals surface area contributed by atoms with E-state index < -0.39 is 18.4 Å². The highest BCUT2D eigenvalue weighted by molar-refractivity contribution is 6.08. The van der Waals surface area contributed by atoms with Gasteiger partial charge in [0.05, 0.1) is 19.9 Å². The summed E-state index contributed by atoms with van der Waals surface area (Å²) >= 11 is 0. The molecule has 1 aliphatic rings. The maximum Gasteiger partial charge on any atom is 0.573 e. The molecule has 0 saturated carbocycles. The summed E-state index contributed by atoms with van der Waals surface area (Å²) in [6, 6.07) is 10.0. The number of benzene rings is 2. The first-order valence-corrected chi connectivity index (χ1v) is 8.41. The molecule has 2 aromatic carbocycles. The third-order valence-corrected chi connectivity index (χ3v) is 4.03. The fourth-order valence-electron chi connectivity index (χ4n) is 2.75. The third kappa shape index (κ3) is 4.89. The molecule has 0 aromatic heterocycles. The Morgan fingerprint density at radius 1 is 1.14 bits per heavy atom. The number of amides is 1. The summed E-state index contributed by atoms with van der Waals surface area (Å²) < 4.78 is 51.0. The smallest absolute Gasteiger partial charge is 0.493 e. The van der Waals surface area contributed by atoms with Crippen LogP contribution < -0.4 is 19.5 Å². The zero-order valence-corrected chi connectivity index (χ0v) is 15.4. The molecule has 1 N–H and O–H groups in total. The molecular weight excluding hydrogens is 393 g/mol. The topological polar surface area (TPSA) is 78.4 Å². The number of rotatable bonds is 6. The van der Waals surface area contributed by atoms with Crippen LogP contribution in [0.4, 0.5) is 18.9 Å². The number of hydrogen-bond acceptors (Lipinski definition) is 6. The monoisotopic (exact) mass is 410 g/mol. The van der Waals surface area contributed by atoms with Crippen LogP contribution in [0.1, 0.15) is 12.0 Å². The van der Waals surface area contributed by atoms with Crippen molar-refractivity contribution in [3.05, 3.63) is 48.0 Å². The first-order valence-electron chi connectivity index (χ1n) is 8.41. The number of hydrogen-bond donors (Lipinski definition) is 1. The van der Waals surface area contributed by atoms with Crippen molar-refractivity contribution < 1.29 is 37.0 Å². The van der Waals surface area contributed by atoms with Crippen molar-refractivity contribution in [3.8, 4) is 17.2 Å². The summed E-state index contributed by atoms with van der Waals surface area (Å²) in [5, 5.41) is 6.53. The number of ether oxygens (including phenoxy) is 3. The molecule has 154 valence electrons. The Hall–Kier alpha value is -3.43. The molecule has 10 heteroatoms. The number of methoxy groups -OCH3 is 2. The number of anilines is 1. The fraction of sp³-hybridized carbons (Fsp3) is 0.263. The lowest BCUT2D eigenvalue weighted by Crippen LogP contribution is -2.28. The molecule has 0 bridgehead atoms. The molecule has 0 spiro atoms. The molecular formula is C19H17F3N2O5. The van der Waals surface area contributed by atoms with Crippen molar-refractivity contribution in [1.29, 1.82) is 0 Å². The normalized spacial score (nSPS) is 15.9. The Morgan fingerprint density at radius 3 is 2.48 bits per heavy atom. The van der Waals surface area contributed by atoms with E-state index in [9.17, 15) is 18.0 Å². The van der Waals surface area contributed by atoms with Crippen LogP contribution in [0.25, 0.3) is 0 Å². The molecule has 1 aliphatic heterocycles. The van der Waals surface area contributed by atoms with Crippen molar-refractivity contribution >= 4 is 17.3 Å². The lowest BCUT2D eigenvalue weighted by molar-refractivity contribution is -0.274. The molecule has 1 heterocycles. The van der Waals surface area contributed by atoms with Gasteiger partial charge in [-0.2, -0.15) is 0 Å². The van der Waals surface area contributed by atoms with E-state index in [1.165, 1.54) is 26.4 Å². The quantitative estimate of drug-likeness (QED) is 0.785. The van der Waals surface area contributed by atoms with E-state index in [-0.39, 0.29) is 12.2 Å². The van der Waals surface area contributed by atoms with E-state index in [0.29, 0.717) is 28.5 Å². The highest BCUT2D eigenvalue weighted by Gasteiger charge is 2.32. The van der Waals surface area contributed by atoms with Gasteiger partial charge in [-0.15, -0.1) is 13.2 Å². The average molecular weight is 410 g/mol. The minimum atomic E-state index is -4.78. The zero-order valence-electron chi connectivity index (χ0n) is 15.4. The molecule has 7 nitrogen and oxygen atoms in total. The lowest BCUT2D eigenvalue weighted by atomic mass is 10.0. The standard InChI is InChI=1S/C19H17F3N2O5/c1-26-15-5-3-4-13(17(15)27-2)14-10-16(29-24-14)18(25)23-11-6-8-12(9-7-11)28-19(20,21)22/h3-9,16H,10H2,1-2H3,(H,23,25)/t16-/m0/s1. The van der Waals surface area contributed by atoms with Gasteiger partial charge in [-0.25, -0.2) is 0 Å². The van der Waals surface area contributed by atoms with Crippen LogP contribution in [-0.2, 0) is 9.63 Å². The van der Waals surface area contributed by atoms with Crippen LogP contribution in [0.5, 0.6) is 17.2 Å². The van der Waals surface area contributed by atoms with Crippen molar-refractivity contribution in [3.63, 3.8) is 0 Å². The number of carbonyl (C=O) groups is 1. The second kappa shape index (κ2) is 8.29. The molecule has 1 atom stereocenters. The third-order valence-electron chi connectivity index (χ3n) is 4.03. The van der Waals surface area contributed by atoms with Crippen LogP contribution in [0, 0.1) is 0 Å². The van der Waals surface area contributed by atoms with Crippen molar-refractivity contribution in [2.24, 2.45) is 5.16 Å². The van der Waals surface area contributed by atoms with Gasteiger partial charge in [0, 0.05) is 17.7 Å². The van der Waals surface area contributed by atoms with Gasteiger partial charge in [-0.3, -0.25) is 4.79 Å². The van der Waals surface area contributed by atoms with Gasteiger partial charge in [0.2, 0.25) is 6.10 Å². The summed E-state index contributed by atoms with van der Waals surface area (Å²) in [5.74, 6) is 0.110. The Morgan fingerprint density at radius 2 is 1.86 bits per heavy atom. The number of para-hydroxylation sites is 1. The Labute approximate surface area is 164 Å². The van der Waals surface area contributed by atoms with Crippen molar-refractivity contribution in [1.82, 2.24) is 0 Å². The number of alkyl halides is 3. The van der Waals surface area contributed by atoms with Gasteiger partial charge in [0.15, 0.2) is 11.5 Å². The van der Waals surface area contributed by atoms with Crippen LogP contribution in [0.15, 0.2) is 47.6 Å². The predicted molar refractivity (Wildman–Crippen MR) is 97.3 cm³/mol. The number of carbonyl (C=O) groups excluding carboxylic acids is 1. The molecule has 0 aliphatic carbocycles. The Kier molecular flexibility index (Phi) is 5.81. The van der Waals surface area contributed by atoms with E-state index >= 15 is 0 Å². The highest BCUT2D eigenvalue weighted by Crippen LogP contribution is 2.33. The summed E-state index contributed by atoms with van der Waals surface area (Å²) in [6.45, 7) is 0. The molecule has 1 amide bonds. The average Bonchev–Trinajstić information content (AvgIpc) is 3.18. The van der Waals surface area contributed by atoms with E-state index in [0.717, 1.165) is 12.1 Å². The number of nitrogens with zero attached hydrogens (tertiary/aromatic N) is 1. The van der Waals surface area contributed by atoms with E-state index in [1.54, 1.807) is 18.2 Å². The van der Waals surface area contributed by atoms with E-state index in [2.05, 4.69) is 15.2 Å². The highest BCUT2D eigenvalue weighted by atomic mass is 19.4. The fourth-order valence-corrected chi connectivity index (χ4v) is 2.75. The molecule has 29 heavy (non-hydrogen) atoms. The lowest BCUT2D eigenvalue weighted by Gasteiger charge is -2.12. The van der Waals surface area contributed by atoms with Crippen molar-refractivity contribution in [2.45, 2.75) is 18.9 Å². The van der Waals surface area contributed by atoms with Gasteiger partial charge in [0.25, 0.3) is 5.91 Å². The van der Waals surface area contributed by atoms with E-state index in [4.69, 9.17) is 14.3 Å². The van der Waals surface area contributed by atoms with Crippen molar-refractivity contribution in [2.75, 3.05) is 19.5 Å². The molecule has 0 radical (unpaired) electrons. The Bertz CT molecular complexity index is 913. The van der Waals surface area contributed by atoms with Gasteiger partial charge in [-0.1, -0.05) is 11.2 Å². The Balaban J connectivity index is 1.64. The second-order valence-corrected chi connectivity index (χ2v) is 5.94. The maximum absolute atomic E-state index is 12.4. The summed E-state index contributed by atoms with van der Waals surface area (Å²) in [4.78, 5) is 17.6. The molecule has 0 unspecified atom stereocenters. The molecule has 2 aromatic rings. The summed E-state index contributed by atoms with van der Waals surface area (Å²) in [5.41, 5.74) is 1.44. The SMILES string of the molecule is COc1cccc(C2=NO[C@H](C(=O)Nc3ccc(OC(F)(F)F)cc3)C2)c1OC. The maximum atomic E-state index is 12.4. The first-order chi connectivity index (χ1) is 13.8. The van der Waals surface area contributed by atoms with Crippen LogP contribution in [-0.4, -0.2) is 38.3 Å². The summed E-state index contributed by atoms with van der Waals surface area (Å²) in [6.07, 6.45) is -5.49. The van der Waals surface area contributed by atoms with Gasteiger partial charge >= 0.3 is 6.36 Å². The number of oxime groups is 1. The summed E-state index contributed by atoms with van der Waals surface area (Å²) in [7, 11) is 3.00. The second-order valence-electron chi connectivity index (χ2n) is 5.94. The minimum Gasteiger partial charge on any atom is -0.493 e. The zero-order chi connectivity index (χ0) is 21.0. The van der Waals surface area contributed by atoms with Crippen LogP contribution in [0.3, 0.4) is 0 Å². The molecule has 0 fully saturated rings. The minimum absolute atomic E-state index is 0.185.